The first-order valence-corrected chi connectivity index (χ1v) is 8.17. The van der Waals surface area contributed by atoms with Crippen molar-refractivity contribution in [2.24, 2.45) is 11.3 Å². The van der Waals surface area contributed by atoms with Gasteiger partial charge in [0.15, 0.2) is 0 Å². The van der Waals surface area contributed by atoms with E-state index in [-0.39, 0.29) is 11.3 Å². The van der Waals surface area contributed by atoms with E-state index in [1.807, 2.05) is 12.1 Å². The van der Waals surface area contributed by atoms with Crippen molar-refractivity contribution in [2.45, 2.75) is 53.0 Å². The molecule has 1 saturated carbocycles. The molecule has 1 fully saturated rings. The number of benzene rings is 1. The van der Waals surface area contributed by atoms with Crippen LogP contribution in [0.15, 0.2) is 24.3 Å². The van der Waals surface area contributed by atoms with Gasteiger partial charge in [-0.3, -0.25) is 4.79 Å². The Morgan fingerprint density at radius 2 is 2.10 bits per heavy atom. The van der Waals surface area contributed by atoms with Gasteiger partial charge in [0.05, 0.1) is 0 Å². The lowest BCUT2D eigenvalue weighted by atomic mass is 9.64. The first-order chi connectivity index (χ1) is 10.1. The molecule has 3 nitrogen and oxygen atoms in total. The molecule has 1 aliphatic carbocycles. The van der Waals surface area contributed by atoms with Gasteiger partial charge in [0.1, 0.15) is 0 Å². The molecule has 2 rings (SSSR count). The van der Waals surface area contributed by atoms with Gasteiger partial charge in [0.25, 0.3) is 0 Å². The molecule has 1 aliphatic rings. The molecule has 0 aliphatic heterocycles. The zero-order valence-corrected chi connectivity index (χ0v) is 13.5. The maximum absolute atomic E-state index is 12.7. The summed E-state index contributed by atoms with van der Waals surface area (Å²) in [5.41, 5.74) is 2.01. The average molecular weight is 288 g/mol. The van der Waals surface area contributed by atoms with Crippen molar-refractivity contribution in [3.63, 3.8) is 0 Å². The van der Waals surface area contributed by atoms with Crippen LogP contribution in [0, 0.1) is 11.3 Å². The summed E-state index contributed by atoms with van der Waals surface area (Å²) >= 11 is 0. The Morgan fingerprint density at radius 1 is 1.33 bits per heavy atom. The minimum Gasteiger partial charge on any atom is -0.326 e. The Balaban J connectivity index is 2.01. The third-order valence-corrected chi connectivity index (χ3v) is 4.36. The molecule has 1 aromatic rings. The van der Waals surface area contributed by atoms with Crippen LogP contribution in [0.1, 0.15) is 52.0 Å². The zero-order valence-electron chi connectivity index (χ0n) is 13.5. The highest BCUT2D eigenvalue weighted by Crippen LogP contribution is 2.46. The van der Waals surface area contributed by atoms with Crippen molar-refractivity contribution in [1.82, 2.24) is 5.32 Å². The summed E-state index contributed by atoms with van der Waals surface area (Å²) in [6, 6.07) is 8.15. The summed E-state index contributed by atoms with van der Waals surface area (Å²) < 4.78 is 0. The predicted molar refractivity (Wildman–Crippen MR) is 88.2 cm³/mol. The summed E-state index contributed by atoms with van der Waals surface area (Å²) in [5.74, 6) is 0.777. The van der Waals surface area contributed by atoms with Crippen molar-refractivity contribution in [1.29, 1.82) is 0 Å². The number of hydrogen-bond donors (Lipinski definition) is 2. The molecule has 3 heteroatoms. The van der Waals surface area contributed by atoms with Gasteiger partial charge in [0.2, 0.25) is 5.91 Å². The van der Waals surface area contributed by atoms with Gasteiger partial charge in [-0.2, -0.15) is 0 Å². The van der Waals surface area contributed by atoms with Crippen LogP contribution in [0.2, 0.25) is 0 Å². The molecule has 1 aromatic carbocycles. The van der Waals surface area contributed by atoms with Crippen LogP contribution in [-0.4, -0.2) is 12.5 Å². The van der Waals surface area contributed by atoms with Gasteiger partial charge < -0.3 is 10.6 Å². The van der Waals surface area contributed by atoms with E-state index in [0.717, 1.165) is 38.0 Å². The number of nitrogens with one attached hydrogen (secondary N) is 2. The number of hydrogen-bond acceptors (Lipinski definition) is 2. The highest BCUT2D eigenvalue weighted by Gasteiger charge is 2.44. The van der Waals surface area contributed by atoms with E-state index in [0.29, 0.717) is 5.92 Å². The lowest BCUT2D eigenvalue weighted by molar-refractivity contribution is -0.131. The van der Waals surface area contributed by atoms with Crippen LogP contribution in [0.5, 0.6) is 0 Å². The topological polar surface area (TPSA) is 41.1 Å². The molecule has 0 saturated heterocycles. The summed E-state index contributed by atoms with van der Waals surface area (Å²) in [4.78, 5) is 12.7. The molecule has 0 unspecified atom stereocenters. The van der Waals surface area contributed by atoms with Gasteiger partial charge in [-0.1, -0.05) is 39.3 Å². The second-order valence-corrected chi connectivity index (χ2v) is 6.67. The van der Waals surface area contributed by atoms with Crippen LogP contribution in [-0.2, 0) is 11.3 Å². The van der Waals surface area contributed by atoms with Crippen molar-refractivity contribution >= 4 is 11.6 Å². The molecule has 2 N–H and O–H groups in total. The minimum absolute atomic E-state index is 0.119. The maximum atomic E-state index is 12.7. The fourth-order valence-corrected chi connectivity index (χ4v) is 3.20. The van der Waals surface area contributed by atoms with E-state index >= 15 is 0 Å². The van der Waals surface area contributed by atoms with Crippen molar-refractivity contribution in [3.8, 4) is 0 Å². The zero-order chi connectivity index (χ0) is 15.3. The second kappa shape index (κ2) is 7.08. The smallest absolute Gasteiger partial charge is 0.230 e. The monoisotopic (exact) mass is 288 g/mol. The fraction of sp³-hybridized carbons (Fsp3) is 0.611. The van der Waals surface area contributed by atoms with Crippen molar-refractivity contribution in [2.75, 3.05) is 11.9 Å². The third kappa shape index (κ3) is 4.07. The Labute approximate surface area is 128 Å². The summed E-state index contributed by atoms with van der Waals surface area (Å²) in [6.45, 7) is 8.29. The van der Waals surface area contributed by atoms with E-state index in [4.69, 9.17) is 0 Å². The average Bonchev–Trinajstić information content (AvgIpc) is 2.40. The van der Waals surface area contributed by atoms with E-state index in [9.17, 15) is 4.79 Å². The largest absolute Gasteiger partial charge is 0.326 e. The Kier molecular flexibility index (Phi) is 5.40. The number of rotatable bonds is 7. The molecule has 1 amide bonds. The van der Waals surface area contributed by atoms with E-state index in [2.05, 4.69) is 43.5 Å². The first-order valence-electron chi connectivity index (χ1n) is 8.17. The molecule has 21 heavy (non-hydrogen) atoms. The fourth-order valence-electron chi connectivity index (χ4n) is 3.20. The highest BCUT2D eigenvalue weighted by molar-refractivity contribution is 5.96. The SMILES string of the molecule is CCNCc1cccc(NC(=O)C2(CC(C)C)CCC2)c1. The molecule has 0 aromatic heterocycles. The summed E-state index contributed by atoms with van der Waals surface area (Å²) in [7, 11) is 0. The second-order valence-electron chi connectivity index (χ2n) is 6.67. The molecular weight excluding hydrogens is 260 g/mol. The van der Waals surface area contributed by atoms with Crippen LogP contribution < -0.4 is 10.6 Å². The van der Waals surface area contributed by atoms with E-state index in [1.165, 1.54) is 12.0 Å². The highest BCUT2D eigenvalue weighted by atomic mass is 16.2. The van der Waals surface area contributed by atoms with Gasteiger partial charge in [-0.15, -0.1) is 0 Å². The molecule has 116 valence electrons. The number of amides is 1. The molecule has 0 radical (unpaired) electrons. The van der Waals surface area contributed by atoms with Gasteiger partial charge in [0, 0.05) is 17.6 Å². The van der Waals surface area contributed by atoms with Gasteiger partial charge in [-0.25, -0.2) is 0 Å². The Bertz CT molecular complexity index is 478. The number of carbonyl (C=O) groups is 1. The number of anilines is 1. The van der Waals surface area contributed by atoms with Gasteiger partial charge in [-0.05, 0) is 49.4 Å². The summed E-state index contributed by atoms with van der Waals surface area (Å²) in [6.07, 6.45) is 4.25. The molecule has 0 bridgehead atoms. The first kappa shape index (κ1) is 16.0. The van der Waals surface area contributed by atoms with E-state index < -0.39 is 0 Å². The maximum Gasteiger partial charge on any atom is 0.230 e. The van der Waals surface area contributed by atoms with E-state index in [1.54, 1.807) is 0 Å². The van der Waals surface area contributed by atoms with Crippen LogP contribution in [0.3, 0.4) is 0 Å². The Hall–Kier alpha value is -1.35. The van der Waals surface area contributed by atoms with Crippen LogP contribution >= 0.6 is 0 Å². The van der Waals surface area contributed by atoms with Crippen LogP contribution in [0.4, 0.5) is 5.69 Å². The standard InChI is InChI=1S/C18H28N2O/c1-4-19-13-15-7-5-8-16(11-15)20-17(21)18(9-6-10-18)12-14(2)3/h5,7-8,11,14,19H,4,6,9-10,12-13H2,1-3H3,(H,20,21). The van der Waals surface area contributed by atoms with Gasteiger partial charge >= 0.3 is 0 Å². The van der Waals surface area contributed by atoms with Crippen molar-refractivity contribution < 1.29 is 4.79 Å². The Morgan fingerprint density at radius 3 is 2.67 bits per heavy atom. The lowest BCUT2D eigenvalue weighted by Gasteiger charge is -2.41. The molecule has 0 atom stereocenters. The lowest BCUT2D eigenvalue weighted by Crippen LogP contribution is -2.43. The molecule has 0 heterocycles. The third-order valence-electron chi connectivity index (χ3n) is 4.36. The molecule has 0 spiro atoms. The quantitative estimate of drug-likeness (QED) is 0.797. The normalized spacial score (nSPS) is 16.6. The summed E-state index contributed by atoms with van der Waals surface area (Å²) in [5, 5.41) is 6.45. The predicted octanol–water partition coefficient (Wildman–Crippen LogP) is 3.95. The van der Waals surface area contributed by atoms with Crippen molar-refractivity contribution in [3.05, 3.63) is 29.8 Å². The minimum atomic E-state index is -0.119. The van der Waals surface area contributed by atoms with Crippen LogP contribution in [0.25, 0.3) is 0 Å². The molecular formula is C18H28N2O. The number of carbonyl (C=O) groups excluding carboxylic acids is 1.